The fourth-order valence-electron chi connectivity index (χ4n) is 3.87. The molecule has 0 N–H and O–H groups in total. The van der Waals surface area contributed by atoms with E-state index in [9.17, 15) is 9.59 Å². The average molecular weight is 379 g/mol. The second-order valence-corrected chi connectivity index (χ2v) is 7.68. The summed E-state index contributed by atoms with van der Waals surface area (Å²) in [5.74, 6) is -0.634. The molecule has 1 saturated carbocycles. The topological polar surface area (TPSA) is 60.4 Å². The van der Waals surface area contributed by atoms with E-state index in [4.69, 9.17) is 9.30 Å². The molecule has 1 aromatic carbocycles. The number of esters is 1. The zero-order chi connectivity index (χ0) is 19.9. The van der Waals surface area contributed by atoms with Gasteiger partial charge in [0, 0.05) is 5.56 Å². The van der Waals surface area contributed by atoms with E-state index >= 15 is 0 Å². The maximum atomic E-state index is 13.3. The van der Waals surface area contributed by atoms with Gasteiger partial charge in [0.1, 0.15) is 5.92 Å². The highest BCUT2D eigenvalue weighted by atomic mass is 31.0. The predicted molar refractivity (Wildman–Crippen MR) is 107 cm³/mol. The molecule has 0 radical (unpaired) electrons. The van der Waals surface area contributed by atoms with Crippen molar-refractivity contribution in [2.45, 2.75) is 60.3 Å². The van der Waals surface area contributed by atoms with E-state index < -0.39 is 5.92 Å². The van der Waals surface area contributed by atoms with E-state index in [1.807, 2.05) is 46.8 Å². The van der Waals surface area contributed by atoms with Crippen LogP contribution in [0.1, 0.15) is 66.6 Å². The number of aryl methyl sites for hydroxylation is 3. The summed E-state index contributed by atoms with van der Waals surface area (Å²) in [7, 11) is 1.17. The van der Waals surface area contributed by atoms with Crippen molar-refractivity contribution in [3.8, 4) is 0 Å². The summed E-state index contributed by atoms with van der Waals surface area (Å²) in [6.07, 6.45) is 4.07. The van der Waals surface area contributed by atoms with Crippen molar-refractivity contribution in [3.05, 3.63) is 34.4 Å². The van der Waals surface area contributed by atoms with E-state index in [-0.39, 0.29) is 23.6 Å². The molecule has 0 spiro atoms. The minimum Gasteiger partial charge on any atom is -0.465 e. The Balaban J connectivity index is 0.00000163. The fourth-order valence-corrected chi connectivity index (χ4v) is 3.87. The van der Waals surface area contributed by atoms with Crippen molar-refractivity contribution in [3.63, 3.8) is 0 Å². The van der Waals surface area contributed by atoms with Crippen LogP contribution in [0, 0.1) is 38.5 Å². The summed E-state index contributed by atoms with van der Waals surface area (Å²) in [6, 6.07) is 4.04. The molecule has 4 nitrogen and oxygen atoms in total. The summed E-state index contributed by atoms with van der Waals surface area (Å²) >= 11 is 0. The highest BCUT2D eigenvalue weighted by Crippen LogP contribution is 2.35. The van der Waals surface area contributed by atoms with Crippen molar-refractivity contribution in [2.75, 3.05) is 6.61 Å². The first-order chi connectivity index (χ1) is 12.3. The van der Waals surface area contributed by atoms with Gasteiger partial charge in [-0.3, -0.25) is 9.59 Å². The molecule has 2 unspecified atom stereocenters. The third kappa shape index (κ3) is 5.74. The summed E-state index contributed by atoms with van der Waals surface area (Å²) in [6.45, 7) is 10.3. The van der Waals surface area contributed by atoms with Crippen LogP contribution >= 0.6 is 9.12 Å². The predicted octanol–water partition coefficient (Wildman–Crippen LogP) is 5.01. The molecule has 0 aromatic heterocycles. The van der Waals surface area contributed by atoms with Crippen molar-refractivity contribution < 1.29 is 18.9 Å². The number of ether oxygens (including phenoxy) is 1. The van der Waals surface area contributed by atoms with E-state index in [0.29, 0.717) is 12.2 Å². The van der Waals surface area contributed by atoms with Crippen LogP contribution < -0.4 is 0 Å². The van der Waals surface area contributed by atoms with Crippen molar-refractivity contribution >= 4 is 20.9 Å². The summed E-state index contributed by atoms with van der Waals surface area (Å²) < 4.78 is 13.6. The first-order valence-corrected chi connectivity index (χ1v) is 9.80. The van der Waals surface area contributed by atoms with Crippen LogP contribution in [0.15, 0.2) is 12.1 Å². The van der Waals surface area contributed by atoms with Gasteiger partial charge in [-0.25, -0.2) is 0 Å². The van der Waals surface area contributed by atoms with E-state index in [0.717, 1.165) is 42.4 Å². The number of hydrogen-bond donors (Lipinski definition) is 0. The number of ketones is 1. The zero-order valence-corrected chi connectivity index (χ0v) is 17.8. The molecular weight excluding hydrogens is 347 g/mol. The Morgan fingerprint density at radius 3 is 2.04 bits per heavy atom. The van der Waals surface area contributed by atoms with Gasteiger partial charge in [-0.05, 0) is 56.6 Å². The van der Waals surface area contributed by atoms with Gasteiger partial charge in [0.25, 0.3) is 0 Å². The Labute approximate surface area is 159 Å². The van der Waals surface area contributed by atoms with Crippen LogP contribution in [-0.4, -0.2) is 18.4 Å². The molecule has 5 heteroatoms. The highest BCUT2D eigenvalue weighted by Gasteiger charge is 2.39. The normalized spacial score (nSPS) is 15.3. The minimum atomic E-state index is -0.647. The summed E-state index contributed by atoms with van der Waals surface area (Å²) in [5.41, 5.74) is 3.76. The molecule has 1 aromatic rings. The molecule has 2 rings (SSSR count). The third-order valence-electron chi connectivity index (χ3n) is 4.89. The molecule has 144 valence electrons. The maximum absolute atomic E-state index is 13.3. The van der Waals surface area contributed by atoms with E-state index in [1.54, 1.807) is 0 Å². The molecule has 1 aliphatic rings. The Morgan fingerprint density at radius 1 is 1.08 bits per heavy atom. The monoisotopic (exact) mass is 379 g/mol. The molecule has 0 amide bonds. The van der Waals surface area contributed by atoms with Crippen molar-refractivity contribution in [1.29, 1.82) is 0 Å². The van der Waals surface area contributed by atoms with Gasteiger partial charge in [0.2, 0.25) is 0 Å². The number of carbonyl (C=O) groups is 2. The fraction of sp³-hybridized carbons (Fsp3) is 0.619. The third-order valence-corrected chi connectivity index (χ3v) is 4.89. The Morgan fingerprint density at radius 2 is 1.58 bits per heavy atom. The first kappa shape index (κ1) is 22.5. The largest absolute Gasteiger partial charge is 0.465 e. The lowest BCUT2D eigenvalue weighted by atomic mass is 9.81. The SMILES string of the molecule is Cc1cc(C)c(C(=O)C(C(=O)OCC(C)C)C2CCCC2)c(C)c1.O=[PH2+]. The van der Waals surface area contributed by atoms with Crippen molar-refractivity contribution in [2.24, 2.45) is 17.8 Å². The molecule has 0 saturated heterocycles. The molecule has 26 heavy (non-hydrogen) atoms. The Hall–Kier alpha value is -1.54. The summed E-state index contributed by atoms with van der Waals surface area (Å²) in [4.78, 5) is 26.0. The summed E-state index contributed by atoms with van der Waals surface area (Å²) in [5, 5.41) is 0. The van der Waals surface area contributed by atoms with Crippen molar-refractivity contribution in [1.82, 2.24) is 0 Å². The standard InChI is InChI=1S/C21H30O3.H2OP/c1-13(2)12-24-21(23)19(17-8-6-7-9-17)20(22)18-15(4)10-14(3)11-16(18)5;1-2/h10-11,13,17,19H,6-9,12H2,1-5H3;2H2/q;+1. The molecule has 1 aliphatic carbocycles. The van der Waals surface area contributed by atoms with Crippen LogP contribution in [0.3, 0.4) is 0 Å². The minimum absolute atomic E-state index is 0.0503. The number of hydrogen-bond acceptors (Lipinski definition) is 4. The van der Waals surface area contributed by atoms with Crippen LogP contribution in [0.25, 0.3) is 0 Å². The van der Waals surface area contributed by atoms with Crippen LogP contribution in [0.2, 0.25) is 0 Å². The number of rotatable bonds is 6. The van der Waals surface area contributed by atoms with Gasteiger partial charge in [-0.15, -0.1) is 0 Å². The molecule has 1 fully saturated rings. The van der Waals surface area contributed by atoms with Gasteiger partial charge in [0.05, 0.1) is 6.61 Å². The van der Waals surface area contributed by atoms with Gasteiger partial charge < -0.3 is 4.74 Å². The van der Waals surface area contributed by atoms with E-state index in [1.165, 1.54) is 9.12 Å². The lowest BCUT2D eigenvalue weighted by molar-refractivity contribution is -0.149. The second-order valence-electron chi connectivity index (χ2n) is 7.68. The molecule has 0 bridgehead atoms. The average Bonchev–Trinajstić information content (AvgIpc) is 3.08. The van der Waals surface area contributed by atoms with Crippen LogP contribution in [0.4, 0.5) is 0 Å². The highest BCUT2D eigenvalue weighted by molar-refractivity contribution is 7.00. The zero-order valence-electron chi connectivity index (χ0n) is 16.6. The van der Waals surface area contributed by atoms with Crippen LogP contribution in [-0.2, 0) is 14.1 Å². The molecule has 0 heterocycles. The smallest absolute Gasteiger partial charge is 0.317 e. The van der Waals surface area contributed by atoms with Gasteiger partial charge in [-0.2, -0.15) is 0 Å². The molecular formula is C21H32O4P+. The maximum Gasteiger partial charge on any atom is 0.317 e. The second kappa shape index (κ2) is 10.6. The number of benzene rings is 1. The van der Waals surface area contributed by atoms with Crippen LogP contribution in [0.5, 0.6) is 0 Å². The van der Waals surface area contributed by atoms with E-state index in [2.05, 4.69) is 0 Å². The molecule has 2 atom stereocenters. The lowest BCUT2D eigenvalue weighted by Gasteiger charge is -2.23. The Kier molecular flexibility index (Phi) is 9.15. The van der Waals surface area contributed by atoms with Gasteiger partial charge >= 0.3 is 15.1 Å². The lowest BCUT2D eigenvalue weighted by Crippen LogP contribution is -2.33. The first-order valence-electron chi connectivity index (χ1n) is 9.33. The molecule has 0 aliphatic heterocycles. The van der Waals surface area contributed by atoms with Gasteiger partial charge in [-0.1, -0.05) is 49.0 Å². The number of carbonyl (C=O) groups excluding carboxylic acids is 2. The quantitative estimate of drug-likeness (QED) is 0.302. The van der Waals surface area contributed by atoms with Gasteiger partial charge in [0.15, 0.2) is 5.78 Å². The Bertz CT molecular complexity index is 610. The number of Topliss-reactive ketones (excluding diaryl/α,β-unsaturated/α-hetero) is 1.